The number of unbranched alkanes of at least 4 members (excludes halogenated alkanes) is 11. The van der Waals surface area contributed by atoms with Crippen LogP contribution in [-0.4, -0.2) is 58.4 Å². The second-order valence-electron chi connectivity index (χ2n) is 10.2. The van der Waals surface area contributed by atoms with E-state index in [9.17, 15) is 25.2 Å². The first-order chi connectivity index (χ1) is 16.6. The highest BCUT2D eigenvalue weighted by Gasteiger charge is 2.59. The van der Waals surface area contributed by atoms with Crippen molar-refractivity contribution in [1.29, 1.82) is 0 Å². The molecule has 2 atom stereocenters. The highest BCUT2D eigenvalue weighted by molar-refractivity contribution is 5.70. The second kappa shape index (κ2) is 18.3. The number of ether oxygens (including phenoxy) is 1. The Bertz CT molecular complexity index is 545. The van der Waals surface area contributed by atoms with Gasteiger partial charge in [-0.3, -0.25) is 4.79 Å². The van der Waals surface area contributed by atoms with Crippen molar-refractivity contribution in [2.24, 2.45) is 11.3 Å². The molecule has 0 radical (unpaired) electrons. The molecule has 0 aliphatic heterocycles. The molecule has 34 heavy (non-hydrogen) atoms. The monoisotopic (exact) mass is 484 g/mol. The zero-order valence-electron chi connectivity index (χ0n) is 21.7. The molecule has 1 fully saturated rings. The molecule has 6 heteroatoms. The molecule has 0 amide bonds. The molecule has 200 valence electrons. The number of hydrogen-bond donors (Lipinski definition) is 4. The molecule has 0 aromatic carbocycles. The Labute approximate surface area is 207 Å². The maximum Gasteiger partial charge on any atom is 0.306 e. The number of hydrogen-bond acceptors (Lipinski definition) is 6. The molecule has 0 heterocycles. The fourth-order valence-electron chi connectivity index (χ4n) is 5.42. The predicted octanol–water partition coefficient (Wildman–Crippen LogP) is 5.06. The molecule has 1 saturated carbocycles. The number of aliphatic hydroxyl groups excluding tert-OH is 4. The highest BCUT2D eigenvalue weighted by Crippen LogP contribution is 2.50. The van der Waals surface area contributed by atoms with E-state index in [-0.39, 0.29) is 13.0 Å². The Morgan fingerprint density at radius 3 is 1.91 bits per heavy atom. The van der Waals surface area contributed by atoms with Crippen LogP contribution in [0.4, 0.5) is 0 Å². The topological polar surface area (TPSA) is 107 Å². The molecule has 0 bridgehead atoms. The van der Waals surface area contributed by atoms with Gasteiger partial charge in [0, 0.05) is 13.0 Å². The van der Waals surface area contributed by atoms with E-state index < -0.39 is 42.7 Å². The summed E-state index contributed by atoms with van der Waals surface area (Å²) >= 11 is 0. The number of allylic oxidation sites excluding steroid dienone is 2. The standard InChI is InChI=1S/C28H52O6/c1-2-3-4-5-6-7-8-9-10-11-12-13-14-15-16-19-26(33)34-28(24-32)20-17-18-25(21-29)27(28,22-30)23-31/h9-10,25,29-32H,2-8,11-24H2,1H3/b10-9-. The van der Waals surface area contributed by atoms with Crippen LogP contribution >= 0.6 is 0 Å². The Morgan fingerprint density at radius 1 is 0.824 bits per heavy atom. The van der Waals surface area contributed by atoms with Crippen molar-refractivity contribution < 1.29 is 30.0 Å². The van der Waals surface area contributed by atoms with Crippen molar-refractivity contribution in [2.75, 3.05) is 26.4 Å². The lowest BCUT2D eigenvalue weighted by Crippen LogP contribution is -2.64. The van der Waals surface area contributed by atoms with Gasteiger partial charge in [0.05, 0.1) is 25.2 Å². The third kappa shape index (κ3) is 9.60. The van der Waals surface area contributed by atoms with E-state index in [1.807, 2.05) is 0 Å². The van der Waals surface area contributed by atoms with Gasteiger partial charge in [0.15, 0.2) is 0 Å². The fourth-order valence-corrected chi connectivity index (χ4v) is 5.42. The lowest BCUT2D eigenvalue weighted by molar-refractivity contribution is -0.230. The molecule has 4 N–H and O–H groups in total. The molecule has 0 saturated heterocycles. The van der Waals surface area contributed by atoms with E-state index in [0.717, 1.165) is 32.1 Å². The van der Waals surface area contributed by atoms with Crippen molar-refractivity contribution in [3.63, 3.8) is 0 Å². The summed E-state index contributed by atoms with van der Waals surface area (Å²) in [5.74, 6) is -0.826. The van der Waals surface area contributed by atoms with Gasteiger partial charge in [0.1, 0.15) is 5.60 Å². The van der Waals surface area contributed by atoms with E-state index in [2.05, 4.69) is 19.1 Å². The summed E-state index contributed by atoms with van der Waals surface area (Å²) in [6.45, 7) is 0.654. The van der Waals surface area contributed by atoms with Crippen LogP contribution < -0.4 is 0 Å². The molecule has 0 aromatic rings. The molecule has 0 spiro atoms. The smallest absolute Gasteiger partial charge is 0.306 e. The zero-order chi connectivity index (χ0) is 25.1. The summed E-state index contributed by atoms with van der Waals surface area (Å²) in [5.41, 5.74) is -2.58. The van der Waals surface area contributed by atoms with Gasteiger partial charge < -0.3 is 25.2 Å². The van der Waals surface area contributed by atoms with Gasteiger partial charge in [0.2, 0.25) is 0 Å². The Kier molecular flexibility index (Phi) is 16.8. The van der Waals surface area contributed by atoms with Crippen LogP contribution in [0.3, 0.4) is 0 Å². The third-order valence-electron chi connectivity index (χ3n) is 7.81. The zero-order valence-corrected chi connectivity index (χ0v) is 21.7. The van der Waals surface area contributed by atoms with Gasteiger partial charge in [-0.05, 0) is 57.3 Å². The molecule has 6 nitrogen and oxygen atoms in total. The number of esters is 1. The van der Waals surface area contributed by atoms with Gasteiger partial charge in [-0.15, -0.1) is 0 Å². The van der Waals surface area contributed by atoms with Crippen LogP contribution in [0.15, 0.2) is 12.2 Å². The van der Waals surface area contributed by atoms with Crippen molar-refractivity contribution in [3.05, 3.63) is 12.2 Å². The maximum atomic E-state index is 12.6. The maximum absolute atomic E-state index is 12.6. The van der Waals surface area contributed by atoms with Crippen molar-refractivity contribution >= 4 is 5.97 Å². The third-order valence-corrected chi connectivity index (χ3v) is 7.81. The second-order valence-corrected chi connectivity index (χ2v) is 10.2. The highest BCUT2D eigenvalue weighted by atomic mass is 16.6. The minimum Gasteiger partial charge on any atom is -0.456 e. The van der Waals surface area contributed by atoms with Gasteiger partial charge in [-0.2, -0.15) is 0 Å². The van der Waals surface area contributed by atoms with Crippen LogP contribution in [0.5, 0.6) is 0 Å². The first kappa shape index (κ1) is 31.1. The van der Waals surface area contributed by atoms with Crippen molar-refractivity contribution in [1.82, 2.24) is 0 Å². The summed E-state index contributed by atoms with van der Waals surface area (Å²) in [6.07, 6.45) is 21.9. The lowest BCUT2D eigenvalue weighted by Gasteiger charge is -2.53. The first-order valence-electron chi connectivity index (χ1n) is 13.9. The molecule has 1 rings (SSSR count). The van der Waals surface area contributed by atoms with Gasteiger partial charge in [-0.1, -0.05) is 70.4 Å². The molecular weight excluding hydrogens is 432 g/mol. The summed E-state index contributed by atoms with van der Waals surface area (Å²) < 4.78 is 5.75. The summed E-state index contributed by atoms with van der Waals surface area (Å²) in [5, 5.41) is 40.0. The normalized spacial score (nSPS) is 22.3. The van der Waals surface area contributed by atoms with Crippen LogP contribution in [0.2, 0.25) is 0 Å². The minimum atomic E-state index is -1.35. The van der Waals surface area contributed by atoms with E-state index in [0.29, 0.717) is 19.3 Å². The van der Waals surface area contributed by atoms with E-state index >= 15 is 0 Å². The van der Waals surface area contributed by atoms with Crippen molar-refractivity contribution in [2.45, 2.75) is 122 Å². The molecule has 2 unspecified atom stereocenters. The average molecular weight is 485 g/mol. The Morgan fingerprint density at radius 2 is 1.38 bits per heavy atom. The Balaban J connectivity index is 2.23. The van der Waals surface area contributed by atoms with Crippen LogP contribution in [-0.2, 0) is 9.53 Å². The lowest BCUT2D eigenvalue weighted by atomic mass is 9.58. The average Bonchev–Trinajstić information content (AvgIpc) is 2.86. The molecule has 0 aromatic heterocycles. The number of carbonyl (C=O) groups excluding carboxylic acids is 1. The Hall–Kier alpha value is -0.950. The van der Waals surface area contributed by atoms with Gasteiger partial charge in [0.25, 0.3) is 0 Å². The molecule has 1 aliphatic rings. The van der Waals surface area contributed by atoms with Crippen LogP contribution in [0.1, 0.15) is 116 Å². The van der Waals surface area contributed by atoms with Gasteiger partial charge >= 0.3 is 5.97 Å². The number of carbonyl (C=O) groups is 1. The molecular formula is C28H52O6. The quantitative estimate of drug-likeness (QED) is 0.109. The van der Waals surface area contributed by atoms with Crippen LogP contribution in [0.25, 0.3) is 0 Å². The minimum absolute atomic E-state index is 0.228. The predicted molar refractivity (Wildman–Crippen MR) is 136 cm³/mol. The summed E-state index contributed by atoms with van der Waals surface area (Å²) in [7, 11) is 0. The van der Waals surface area contributed by atoms with E-state index in [4.69, 9.17) is 4.74 Å². The SMILES string of the molecule is CCCCCCCC/C=C\CCCCCCCC(=O)OC1(CO)CCCC(CO)C1(CO)CO. The summed E-state index contributed by atoms with van der Waals surface area (Å²) in [6, 6.07) is 0. The largest absolute Gasteiger partial charge is 0.456 e. The van der Waals surface area contributed by atoms with Crippen LogP contribution in [0, 0.1) is 11.3 Å². The van der Waals surface area contributed by atoms with E-state index in [1.54, 1.807) is 0 Å². The number of aliphatic hydroxyl groups is 4. The molecule has 1 aliphatic carbocycles. The first-order valence-corrected chi connectivity index (χ1v) is 13.9. The fraction of sp³-hybridized carbons (Fsp3) is 0.893. The van der Waals surface area contributed by atoms with E-state index in [1.165, 1.54) is 51.4 Å². The number of rotatable bonds is 20. The van der Waals surface area contributed by atoms with Crippen molar-refractivity contribution in [3.8, 4) is 0 Å². The van der Waals surface area contributed by atoms with Gasteiger partial charge in [-0.25, -0.2) is 0 Å². The summed E-state index contributed by atoms with van der Waals surface area (Å²) in [4.78, 5) is 12.6.